The minimum Gasteiger partial charge on any atom is -0.310 e. The zero-order chi connectivity index (χ0) is 13.7. The van der Waals surface area contributed by atoms with Crippen LogP contribution in [0.1, 0.15) is 68.2 Å². The van der Waals surface area contributed by atoms with Crippen LogP contribution < -0.4 is 5.32 Å². The first-order valence-electron chi connectivity index (χ1n) is 7.97. The molecule has 0 amide bonds. The van der Waals surface area contributed by atoms with E-state index in [1.165, 1.54) is 55.2 Å². The lowest BCUT2D eigenvalue weighted by atomic mass is 10.0. The SMILES string of the molecule is Cc1cc(C)cc(C(C)NCCCC2CCCC2)c1. The largest absolute Gasteiger partial charge is 0.310 e. The van der Waals surface area contributed by atoms with Crippen molar-refractivity contribution < 1.29 is 0 Å². The third kappa shape index (κ3) is 4.65. The molecule has 1 atom stereocenters. The molecule has 0 heterocycles. The van der Waals surface area contributed by atoms with Gasteiger partial charge < -0.3 is 5.32 Å². The fourth-order valence-corrected chi connectivity index (χ4v) is 3.39. The second kappa shape index (κ2) is 7.09. The maximum atomic E-state index is 3.68. The quantitative estimate of drug-likeness (QED) is 0.715. The van der Waals surface area contributed by atoms with Gasteiger partial charge in [-0.05, 0) is 51.6 Å². The van der Waals surface area contributed by atoms with Gasteiger partial charge in [0.15, 0.2) is 0 Å². The van der Waals surface area contributed by atoms with Gasteiger partial charge in [0, 0.05) is 6.04 Å². The minimum atomic E-state index is 0.474. The van der Waals surface area contributed by atoms with Crippen LogP contribution in [0.25, 0.3) is 0 Å². The van der Waals surface area contributed by atoms with Crippen molar-refractivity contribution in [2.75, 3.05) is 6.54 Å². The highest BCUT2D eigenvalue weighted by Crippen LogP contribution is 2.28. The number of hydrogen-bond donors (Lipinski definition) is 1. The van der Waals surface area contributed by atoms with Gasteiger partial charge in [0.2, 0.25) is 0 Å². The smallest absolute Gasteiger partial charge is 0.0291 e. The zero-order valence-corrected chi connectivity index (χ0v) is 12.8. The zero-order valence-electron chi connectivity index (χ0n) is 12.8. The molecule has 1 aromatic carbocycles. The van der Waals surface area contributed by atoms with E-state index in [1.54, 1.807) is 0 Å². The Labute approximate surface area is 118 Å². The Morgan fingerprint density at radius 3 is 2.37 bits per heavy atom. The maximum Gasteiger partial charge on any atom is 0.0291 e. The van der Waals surface area contributed by atoms with Gasteiger partial charge in [-0.3, -0.25) is 0 Å². The van der Waals surface area contributed by atoms with E-state index in [-0.39, 0.29) is 0 Å². The lowest BCUT2D eigenvalue weighted by Gasteiger charge is -2.16. The highest BCUT2D eigenvalue weighted by Gasteiger charge is 2.14. The highest BCUT2D eigenvalue weighted by molar-refractivity contribution is 5.30. The van der Waals surface area contributed by atoms with Crippen LogP contribution in [0.5, 0.6) is 0 Å². The normalized spacial score (nSPS) is 17.8. The summed E-state index contributed by atoms with van der Waals surface area (Å²) in [6, 6.07) is 7.33. The van der Waals surface area contributed by atoms with Crippen molar-refractivity contribution in [3.05, 3.63) is 34.9 Å². The van der Waals surface area contributed by atoms with Crippen LogP contribution in [-0.4, -0.2) is 6.54 Å². The van der Waals surface area contributed by atoms with E-state index in [2.05, 4.69) is 44.3 Å². The summed E-state index contributed by atoms with van der Waals surface area (Å²) in [7, 11) is 0. The molecule has 0 saturated heterocycles. The van der Waals surface area contributed by atoms with Crippen molar-refractivity contribution in [2.45, 2.75) is 65.3 Å². The fraction of sp³-hybridized carbons (Fsp3) is 0.667. The molecule has 0 aromatic heterocycles. The molecule has 106 valence electrons. The van der Waals surface area contributed by atoms with Crippen LogP contribution in [0.2, 0.25) is 0 Å². The number of rotatable bonds is 6. The van der Waals surface area contributed by atoms with Crippen LogP contribution in [0.4, 0.5) is 0 Å². The molecule has 1 N–H and O–H groups in total. The predicted octanol–water partition coefficient (Wildman–Crippen LogP) is 4.92. The summed E-state index contributed by atoms with van der Waals surface area (Å²) in [5.74, 6) is 1.03. The van der Waals surface area contributed by atoms with Gasteiger partial charge in [-0.25, -0.2) is 0 Å². The molecular formula is C18H29N. The van der Waals surface area contributed by atoms with Crippen LogP contribution in [0.3, 0.4) is 0 Å². The minimum absolute atomic E-state index is 0.474. The summed E-state index contributed by atoms with van der Waals surface area (Å²) in [5.41, 5.74) is 4.17. The molecule has 0 bridgehead atoms. The molecule has 1 nitrogen and oxygen atoms in total. The molecule has 0 radical (unpaired) electrons. The number of benzene rings is 1. The Kier molecular flexibility index (Phi) is 5.45. The van der Waals surface area contributed by atoms with Gasteiger partial charge in [-0.2, -0.15) is 0 Å². The summed E-state index contributed by atoms with van der Waals surface area (Å²) in [6.45, 7) is 7.81. The van der Waals surface area contributed by atoms with Crippen molar-refractivity contribution >= 4 is 0 Å². The molecule has 2 rings (SSSR count). The second-order valence-corrected chi connectivity index (χ2v) is 6.39. The molecule has 19 heavy (non-hydrogen) atoms. The van der Waals surface area contributed by atoms with E-state index < -0.39 is 0 Å². The summed E-state index contributed by atoms with van der Waals surface area (Å²) in [6.07, 6.45) is 8.65. The van der Waals surface area contributed by atoms with E-state index in [4.69, 9.17) is 0 Å². The Morgan fingerprint density at radius 1 is 1.11 bits per heavy atom. The van der Waals surface area contributed by atoms with Gasteiger partial charge >= 0.3 is 0 Å². The molecule has 0 aliphatic heterocycles. The lowest BCUT2D eigenvalue weighted by molar-refractivity contribution is 0.456. The van der Waals surface area contributed by atoms with Gasteiger partial charge in [0.25, 0.3) is 0 Å². The third-order valence-corrected chi connectivity index (χ3v) is 4.46. The lowest BCUT2D eigenvalue weighted by Crippen LogP contribution is -2.20. The first-order chi connectivity index (χ1) is 9.15. The first-order valence-corrected chi connectivity index (χ1v) is 7.97. The summed E-state index contributed by atoms with van der Waals surface area (Å²) >= 11 is 0. The Balaban J connectivity index is 1.72. The van der Waals surface area contributed by atoms with Crippen molar-refractivity contribution in [1.29, 1.82) is 0 Å². The van der Waals surface area contributed by atoms with Gasteiger partial charge in [-0.1, -0.05) is 55.0 Å². The molecule has 1 heteroatoms. The van der Waals surface area contributed by atoms with E-state index in [0.717, 1.165) is 12.5 Å². The summed E-state index contributed by atoms with van der Waals surface area (Å²) in [4.78, 5) is 0. The van der Waals surface area contributed by atoms with Crippen LogP contribution >= 0.6 is 0 Å². The van der Waals surface area contributed by atoms with Gasteiger partial charge in [0.05, 0.1) is 0 Å². The summed E-state index contributed by atoms with van der Waals surface area (Å²) < 4.78 is 0. The van der Waals surface area contributed by atoms with Gasteiger partial charge in [-0.15, -0.1) is 0 Å². The molecule has 1 saturated carbocycles. The molecule has 1 aliphatic rings. The highest BCUT2D eigenvalue weighted by atomic mass is 14.9. The average molecular weight is 259 g/mol. The van der Waals surface area contributed by atoms with Crippen LogP contribution in [0.15, 0.2) is 18.2 Å². The summed E-state index contributed by atoms with van der Waals surface area (Å²) in [5, 5.41) is 3.68. The molecule has 1 aliphatic carbocycles. The third-order valence-electron chi connectivity index (χ3n) is 4.46. The molecule has 1 aromatic rings. The number of nitrogens with one attached hydrogen (secondary N) is 1. The first kappa shape index (κ1) is 14.6. The van der Waals surface area contributed by atoms with Crippen molar-refractivity contribution in [3.63, 3.8) is 0 Å². The van der Waals surface area contributed by atoms with E-state index >= 15 is 0 Å². The maximum absolute atomic E-state index is 3.68. The van der Waals surface area contributed by atoms with Crippen molar-refractivity contribution in [1.82, 2.24) is 5.32 Å². The van der Waals surface area contributed by atoms with Crippen LogP contribution in [-0.2, 0) is 0 Å². The van der Waals surface area contributed by atoms with E-state index in [9.17, 15) is 0 Å². The Morgan fingerprint density at radius 2 is 1.74 bits per heavy atom. The fourth-order valence-electron chi connectivity index (χ4n) is 3.39. The van der Waals surface area contributed by atoms with E-state index in [1.807, 2.05) is 0 Å². The van der Waals surface area contributed by atoms with Crippen LogP contribution in [0, 0.1) is 19.8 Å². The molecule has 1 fully saturated rings. The molecular weight excluding hydrogens is 230 g/mol. The molecule has 1 unspecified atom stereocenters. The number of hydrogen-bond acceptors (Lipinski definition) is 1. The van der Waals surface area contributed by atoms with Gasteiger partial charge in [0.1, 0.15) is 0 Å². The predicted molar refractivity (Wildman–Crippen MR) is 83.5 cm³/mol. The van der Waals surface area contributed by atoms with E-state index in [0.29, 0.717) is 6.04 Å². The monoisotopic (exact) mass is 259 g/mol. The number of aryl methyl sites for hydroxylation is 2. The average Bonchev–Trinajstić information content (AvgIpc) is 2.86. The standard InChI is InChI=1S/C18H29N/c1-14-11-15(2)13-18(12-14)16(3)19-10-6-9-17-7-4-5-8-17/h11-13,16-17,19H,4-10H2,1-3H3. The topological polar surface area (TPSA) is 12.0 Å². The van der Waals surface area contributed by atoms with Crippen molar-refractivity contribution in [3.8, 4) is 0 Å². The molecule has 0 spiro atoms. The second-order valence-electron chi connectivity index (χ2n) is 6.39. The Hall–Kier alpha value is -0.820. The Bertz CT molecular complexity index is 370. The van der Waals surface area contributed by atoms with Crippen molar-refractivity contribution in [2.24, 2.45) is 5.92 Å².